The number of benzene rings is 3. The fourth-order valence-corrected chi connectivity index (χ4v) is 9.88. The number of fused-ring (bicyclic) bond motifs is 1. The number of nitrogens with one attached hydrogen (secondary N) is 3. The Labute approximate surface area is 441 Å². The van der Waals surface area contributed by atoms with Crippen molar-refractivity contribution >= 4 is 58.4 Å². The molecule has 3 aromatic carbocycles. The molecule has 3 fully saturated rings. The van der Waals surface area contributed by atoms with E-state index < -0.39 is 120 Å². The predicted octanol–water partition coefficient (Wildman–Crippen LogP) is 4.99. The first-order valence-electron chi connectivity index (χ1n) is 23.7. The fourth-order valence-electron chi connectivity index (χ4n) is 9.61. The monoisotopic (exact) mass is 1110 g/mol. The highest BCUT2D eigenvalue weighted by molar-refractivity contribution is 6.31. The minimum Gasteiger partial charge on any atom is -0.489 e. The summed E-state index contributed by atoms with van der Waals surface area (Å²) in [7, 11) is 0. The summed E-state index contributed by atoms with van der Waals surface area (Å²) in [6.45, 7) is -0.0902. The van der Waals surface area contributed by atoms with E-state index in [4.69, 9.17) is 37.4 Å². The van der Waals surface area contributed by atoms with Crippen LogP contribution in [0.25, 0.3) is 16.9 Å². The van der Waals surface area contributed by atoms with Gasteiger partial charge in [-0.1, -0.05) is 28.4 Å². The van der Waals surface area contributed by atoms with Crippen LogP contribution in [0, 0.1) is 18.6 Å². The van der Waals surface area contributed by atoms with Gasteiger partial charge in [0, 0.05) is 53.7 Å². The Hall–Kier alpha value is -7.49. The zero-order chi connectivity index (χ0) is 54.6. The van der Waals surface area contributed by atoms with Crippen molar-refractivity contribution in [2.75, 3.05) is 18.5 Å². The number of rotatable bonds is 14. The van der Waals surface area contributed by atoms with Crippen LogP contribution >= 0.6 is 23.2 Å². The third-order valence-corrected chi connectivity index (χ3v) is 14.0. The molecule has 6 atom stereocenters. The predicted molar refractivity (Wildman–Crippen MR) is 256 cm³/mol. The molecule has 2 saturated heterocycles. The summed E-state index contributed by atoms with van der Waals surface area (Å²) in [5.41, 5.74) is -0.543. The molecule has 28 heteroatoms. The standard InChI is InChI=1S/C49H42Cl2F5N11O10/c1-21-58-45(67(63-21)36-13-24(50)2-6-30(36)49(54,55)56)44-43(41(42(71)37(19-68)77-44)66-18-34(62-64-66)22-11-31(52)40(51)32(53)12-22)75-20-39(70)59-26-14-28(15-26)76-27-4-7-33(57-16-27)46(72)60-25-3-5-29-23(10-25)17-65(48(29)74)35-8-9-38(69)61-47(35)73/h2-7,10-13,16,18,26,28,35,37,41-44,68,71H,8-9,14-15,17,19-20H2,1H3,(H,59,70)(H,60,72)(H,61,69,73)/t26-,28+,35-,37-,41+,42+,43-,44-/m1/s1. The van der Waals surface area contributed by atoms with Crippen LogP contribution in [0.2, 0.25) is 10.0 Å². The van der Waals surface area contributed by atoms with Gasteiger partial charge in [0.2, 0.25) is 17.7 Å². The Balaban J connectivity index is 0.806. The molecule has 0 bridgehead atoms. The van der Waals surface area contributed by atoms with Crippen LogP contribution in [0.1, 0.15) is 81.5 Å². The van der Waals surface area contributed by atoms with Gasteiger partial charge in [0.1, 0.15) is 88.8 Å². The maximum absolute atomic E-state index is 14.5. The number of piperidine rings is 1. The van der Waals surface area contributed by atoms with E-state index in [2.05, 4.69) is 41.3 Å². The fraction of sp³-hybridized carbons (Fsp3) is 0.347. The van der Waals surface area contributed by atoms with E-state index in [1.54, 1.807) is 24.3 Å². The van der Waals surface area contributed by atoms with E-state index >= 15 is 0 Å². The van der Waals surface area contributed by atoms with Crippen molar-refractivity contribution in [3.8, 4) is 22.7 Å². The highest BCUT2D eigenvalue weighted by atomic mass is 35.5. The molecule has 77 heavy (non-hydrogen) atoms. The number of ether oxygens (including phenoxy) is 3. The molecule has 21 nitrogen and oxygen atoms in total. The highest BCUT2D eigenvalue weighted by Gasteiger charge is 2.51. The maximum Gasteiger partial charge on any atom is 0.418 e. The van der Waals surface area contributed by atoms with Crippen molar-refractivity contribution in [1.82, 2.24) is 50.3 Å². The van der Waals surface area contributed by atoms with Crippen molar-refractivity contribution < 1.29 is 70.3 Å². The lowest BCUT2D eigenvalue weighted by Gasteiger charge is -2.43. The third-order valence-electron chi connectivity index (χ3n) is 13.4. The Bertz CT molecular complexity index is 3300. The number of amides is 5. The topological polar surface area (TPSA) is 267 Å². The van der Waals surface area contributed by atoms with Crippen LogP contribution in [-0.2, 0) is 36.6 Å². The maximum atomic E-state index is 14.5. The van der Waals surface area contributed by atoms with Crippen LogP contribution in [0.4, 0.5) is 27.6 Å². The quantitative estimate of drug-likeness (QED) is 0.0546. The van der Waals surface area contributed by atoms with Crippen molar-refractivity contribution in [2.45, 2.75) is 94.0 Å². The average molecular weight is 1110 g/mol. The Morgan fingerprint density at radius 2 is 1.78 bits per heavy atom. The summed E-state index contributed by atoms with van der Waals surface area (Å²) in [6, 6.07) is 9.60. The Kier molecular flexibility index (Phi) is 14.5. The molecule has 0 radical (unpaired) electrons. The minimum atomic E-state index is -4.92. The molecule has 3 aliphatic heterocycles. The van der Waals surface area contributed by atoms with Gasteiger partial charge in [-0.3, -0.25) is 29.3 Å². The molecular formula is C49H42Cl2F5N11O10. The normalized spacial score (nSPS) is 23.3. The summed E-state index contributed by atoms with van der Waals surface area (Å²) in [6.07, 6.45) is -8.24. The second-order valence-corrected chi connectivity index (χ2v) is 19.4. The van der Waals surface area contributed by atoms with Crippen molar-refractivity contribution in [3.05, 3.63) is 129 Å². The number of carbonyl (C=O) groups excluding carboxylic acids is 5. The van der Waals surface area contributed by atoms with E-state index in [1.807, 2.05) is 0 Å². The number of aliphatic hydroxyl groups is 2. The van der Waals surface area contributed by atoms with Gasteiger partial charge in [-0.25, -0.2) is 28.1 Å². The summed E-state index contributed by atoms with van der Waals surface area (Å²) < 4.78 is 92.8. The van der Waals surface area contributed by atoms with E-state index in [9.17, 15) is 56.1 Å². The van der Waals surface area contributed by atoms with Gasteiger partial charge in [-0.2, -0.15) is 18.3 Å². The number of aryl methyl sites for hydroxylation is 1. The molecule has 3 aromatic heterocycles. The molecule has 6 aromatic rings. The Morgan fingerprint density at radius 1 is 1.01 bits per heavy atom. The number of hydrogen-bond donors (Lipinski definition) is 5. The molecule has 402 valence electrons. The van der Waals surface area contributed by atoms with Gasteiger partial charge < -0.3 is 40.0 Å². The molecule has 1 saturated carbocycles. The lowest BCUT2D eigenvalue weighted by Crippen LogP contribution is -2.55. The number of nitrogens with zero attached hydrogens (tertiary/aromatic N) is 8. The first-order valence-corrected chi connectivity index (χ1v) is 24.4. The van der Waals surface area contributed by atoms with Gasteiger partial charge in [0.15, 0.2) is 5.82 Å². The number of hydrogen-bond acceptors (Lipinski definition) is 15. The van der Waals surface area contributed by atoms with Gasteiger partial charge in [0.05, 0.1) is 30.3 Å². The number of aliphatic hydroxyl groups excluding tert-OH is 2. The highest BCUT2D eigenvalue weighted by Crippen LogP contribution is 2.43. The van der Waals surface area contributed by atoms with Gasteiger partial charge in [-0.05, 0) is 79.6 Å². The number of pyridine rings is 1. The summed E-state index contributed by atoms with van der Waals surface area (Å²) in [4.78, 5) is 73.9. The summed E-state index contributed by atoms with van der Waals surface area (Å²) in [5, 5.41) is 41.5. The molecule has 0 unspecified atom stereocenters. The van der Waals surface area contributed by atoms with E-state index in [1.165, 1.54) is 30.3 Å². The molecule has 10 rings (SSSR count). The van der Waals surface area contributed by atoms with Crippen LogP contribution in [0.3, 0.4) is 0 Å². The van der Waals surface area contributed by atoms with E-state index in [-0.39, 0.29) is 58.9 Å². The second kappa shape index (κ2) is 21.1. The number of alkyl halides is 3. The van der Waals surface area contributed by atoms with Crippen LogP contribution < -0.4 is 20.7 Å². The number of carbonyl (C=O) groups is 5. The first kappa shape index (κ1) is 52.9. The number of anilines is 1. The molecule has 1 aliphatic carbocycles. The average Bonchev–Trinajstić information content (AvgIpc) is 4.18. The molecule has 5 N–H and O–H groups in total. The van der Waals surface area contributed by atoms with Gasteiger partial charge in [-0.15, -0.1) is 5.10 Å². The molecule has 4 aliphatic rings. The smallest absolute Gasteiger partial charge is 0.418 e. The summed E-state index contributed by atoms with van der Waals surface area (Å²) >= 11 is 11.9. The van der Waals surface area contributed by atoms with Crippen molar-refractivity contribution in [2.24, 2.45) is 0 Å². The van der Waals surface area contributed by atoms with Gasteiger partial charge in [0.25, 0.3) is 11.8 Å². The first-order chi connectivity index (χ1) is 36.7. The van der Waals surface area contributed by atoms with Crippen molar-refractivity contribution in [1.29, 1.82) is 0 Å². The number of imide groups is 1. The van der Waals surface area contributed by atoms with Crippen LogP contribution in [-0.4, -0.2) is 129 Å². The van der Waals surface area contributed by atoms with Crippen LogP contribution in [0.15, 0.2) is 73.1 Å². The SMILES string of the molecule is Cc1nc([C@@H]2O[C@H](CO)[C@H](O)[C@H](n3cc(-c4cc(F)c(Cl)c(F)c4)nn3)[C@H]2OCC(=O)N[C@H]2C[C@@H](Oc3ccc(C(=O)Nc4ccc5c(c4)CN([C@@H]4CCC(=O)NC4=O)C5=O)nc3)C2)n(-c2cc(Cl)ccc2C(F)(F)F)n1. The van der Waals surface area contributed by atoms with Crippen LogP contribution in [0.5, 0.6) is 5.75 Å². The summed E-state index contributed by atoms with van der Waals surface area (Å²) in [5.74, 6) is -4.78. The van der Waals surface area contributed by atoms with Crippen molar-refractivity contribution in [3.63, 3.8) is 0 Å². The van der Waals surface area contributed by atoms with E-state index in [0.29, 0.717) is 35.4 Å². The zero-order valence-corrected chi connectivity index (χ0v) is 41.4. The molecule has 6 heterocycles. The lowest BCUT2D eigenvalue weighted by atomic mass is 9.89. The minimum absolute atomic E-state index is 0.0414. The van der Waals surface area contributed by atoms with Gasteiger partial charge >= 0.3 is 6.18 Å². The van der Waals surface area contributed by atoms with E-state index in [0.717, 1.165) is 39.7 Å². The lowest BCUT2D eigenvalue weighted by molar-refractivity contribution is -0.223. The second-order valence-electron chi connectivity index (χ2n) is 18.5. The largest absolute Gasteiger partial charge is 0.489 e. The Morgan fingerprint density at radius 3 is 2.48 bits per heavy atom. The molecular weight excluding hydrogens is 1070 g/mol. The molecule has 5 amide bonds. The molecule has 0 spiro atoms. The third kappa shape index (κ3) is 10.8. The number of aromatic nitrogens is 7. The zero-order valence-electron chi connectivity index (χ0n) is 39.9. The number of halogens is 7.